The van der Waals surface area contributed by atoms with Crippen molar-refractivity contribution < 1.29 is 38.7 Å². The monoisotopic (exact) mass is 538 g/mol. The number of phenolic OH excluding ortho intramolecular Hbond substituents is 2. The summed E-state index contributed by atoms with van der Waals surface area (Å²) in [5.41, 5.74) is -1.87. The van der Waals surface area contributed by atoms with Gasteiger partial charge in [-0.3, -0.25) is 19.2 Å². The molecule has 2 aliphatic rings. The van der Waals surface area contributed by atoms with Crippen molar-refractivity contribution in [2.24, 2.45) is 0 Å². The van der Waals surface area contributed by atoms with Gasteiger partial charge in [0, 0.05) is 36.2 Å². The van der Waals surface area contributed by atoms with Gasteiger partial charge in [0.05, 0.1) is 17.7 Å². The second-order valence-electron chi connectivity index (χ2n) is 10.0. The molecule has 0 unspecified atom stereocenters. The van der Waals surface area contributed by atoms with Gasteiger partial charge < -0.3 is 30.1 Å². The summed E-state index contributed by atoms with van der Waals surface area (Å²) in [4.78, 5) is 55.6. The molecule has 1 atom stereocenters. The van der Waals surface area contributed by atoms with Gasteiger partial charge in [-0.2, -0.15) is 4.98 Å². The van der Waals surface area contributed by atoms with E-state index in [-0.39, 0.29) is 64.4 Å². The van der Waals surface area contributed by atoms with Crippen LogP contribution in [-0.2, 0) is 26.2 Å². The third-order valence-electron chi connectivity index (χ3n) is 6.94. The second-order valence-corrected chi connectivity index (χ2v) is 10.0. The minimum Gasteiger partial charge on any atom is -0.507 e. The Balaban J connectivity index is 1.53. The van der Waals surface area contributed by atoms with E-state index in [4.69, 9.17) is 9.26 Å². The Bertz CT molecular complexity index is 1480. The number of nitrogens with zero attached hydrogens (tertiary/aromatic N) is 2. The van der Waals surface area contributed by atoms with Crippen LogP contribution < -0.4 is 15.4 Å². The molecular formula is C27H30N4O8. The van der Waals surface area contributed by atoms with E-state index in [2.05, 4.69) is 20.8 Å². The molecule has 1 aliphatic carbocycles. The van der Waals surface area contributed by atoms with E-state index < -0.39 is 34.3 Å². The molecule has 0 spiro atoms. The van der Waals surface area contributed by atoms with Gasteiger partial charge in [0.1, 0.15) is 34.0 Å². The number of ether oxygens (including phenoxy) is 1. The molecule has 1 amide bonds. The van der Waals surface area contributed by atoms with Crippen molar-refractivity contribution in [2.45, 2.75) is 59.3 Å². The molecule has 4 N–H and O–H groups in total. The molecule has 0 saturated carbocycles. The highest BCUT2D eigenvalue weighted by molar-refractivity contribution is 6.31. The Kier molecular flexibility index (Phi) is 7.07. The lowest BCUT2D eigenvalue weighted by molar-refractivity contribution is -0.124. The zero-order valence-electron chi connectivity index (χ0n) is 22.5. The molecule has 1 aromatic heterocycles. The fourth-order valence-corrected chi connectivity index (χ4v) is 4.64. The van der Waals surface area contributed by atoms with E-state index in [0.717, 1.165) is 6.08 Å². The number of allylic oxidation sites excluding steroid dienone is 4. The summed E-state index contributed by atoms with van der Waals surface area (Å²) >= 11 is 0. The number of carbonyl (C=O) groups excluding carboxylic acids is 4. The Morgan fingerprint density at radius 1 is 1.13 bits per heavy atom. The average molecular weight is 539 g/mol. The molecule has 0 bridgehead atoms. The lowest BCUT2D eigenvalue weighted by Crippen LogP contribution is -2.42. The van der Waals surface area contributed by atoms with Crippen molar-refractivity contribution in [3.05, 3.63) is 51.5 Å². The lowest BCUT2D eigenvalue weighted by atomic mass is 9.70. The fourth-order valence-electron chi connectivity index (χ4n) is 4.64. The highest BCUT2D eigenvalue weighted by Gasteiger charge is 2.56. The Morgan fingerprint density at radius 3 is 2.44 bits per heavy atom. The van der Waals surface area contributed by atoms with Crippen LogP contribution in [0.1, 0.15) is 73.7 Å². The molecule has 1 aliphatic heterocycles. The Morgan fingerprint density at radius 2 is 1.82 bits per heavy atom. The summed E-state index contributed by atoms with van der Waals surface area (Å²) in [7, 11) is 0. The van der Waals surface area contributed by atoms with E-state index in [1.165, 1.54) is 27.7 Å². The van der Waals surface area contributed by atoms with Crippen molar-refractivity contribution in [2.75, 3.05) is 13.1 Å². The van der Waals surface area contributed by atoms with Gasteiger partial charge in [-0.1, -0.05) is 19.0 Å². The van der Waals surface area contributed by atoms with Gasteiger partial charge >= 0.3 is 0 Å². The summed E-state index contributed by atoms with van der Waals surface area (Å²) in [5.74, 6) is -2.25. The number of ketones is 3. The first-order valence-corrected chi connectivity index (χ1v) is 12.4. The number of rotatable bonds is 8. The number of carbonyl (C=O) groups is 4. The minimum absolute atomic E-state index is 0.00329. The fraction of sp³-hybridized carbons (Fsp3) is 0.407. The van der Waals surface area contributed by atoms with E-state index >= 15 is 0 Å². The number of nitrogens with one attached hydrogen (secondary N) is 2. The van der Waals surface area contributed by atoms with Gasteiger partial charge in [-0.15, -0.1) is 0 Å². The number of aromatic nitrogens is 2. The predicted molar refractivity (Wildman–Crippen MR) is 136 cm³/mol. The van der Waals surface area contributed by atoms with Crippen LogP contribution in [0.15, 0.2) is 27.6 Å². The first kappa shape index (κ1) is 27.6. The third-order valence-corrected chi connectivity index (χ3v) is 6.94. The average Bonchev–Trinajstić information content (AvgIpc) is 3.45. The van der Waals surface area contributed by atoms with E-state index in [1.807, 2.05) is 13.8 Å². The Hall–Kier alpha value is -4.48. The second kappa shape index (κ2) is 10.0. The van der Waals surface area contributed by atoms with Crippen molar-refractivity contribution in [3.63, 3.8) is 0 Å². The number of phenols is 2. The lowest BCUT2D eigenvalue weighted by Gasteiger charge is -2.29. The van der Waals surface area contributed by atoms with Crippen molar-refractivity contribution in [1.82, 2.24) is 20.8 Å². The summed E-state index contributed by atoms with van der Waals surface area (Å²) < 4.78 is 10.9. The van der Waals surface area contributed by atoms with Crippen molar-refractivity contribution in [1.29, 1.82) is 0 Å². The third kappa shape index (κ3) is 4.55. The van der Waals surface area contributed by atoms with Crippen LogP contribution in [0.5, 0.6) is 17.2 Å². The van der Waals surface area contributed by atoms with Crippen LogP contribution >= 0.6 is 0 Å². The van der Waals surface area contributed by atoms with Gasteiger partial charge in [0.15, 0.2) is 23.2 Å². The number of amides is 1. The molecule has 1 aromatic carbocycles. The summed E-state index contributed by atoms with van der Waals surface area (Å²) in [6.07, 6.45) is 1.46. The largest absolute Gasteiger partial charge is 0.507 e. The van der Waals surface area contributed by atoms with Crippen LogP contribution in [0.2, 0.25) is 0 Å². The van der Waals surface area contributed by atoms with Gasteiger partial charge in [0.2, 0.25) is 11.8 Å². The first-order chi connectivity index (χ1) is 18.3. The molecule has 4 rings (SSSR count). The van der Waals surface area contributed by atoms with Crippen LogP contribution in [0, 0.1) is 6.92 Å². The number of hydrogen-bond donors (Lipinski definition) is 4. The zero-order chi connectivity index (χ0) is 28.8. The smallest absolute Gasteiger partial charge is 0.239 e. The van der Waals surface area contributed by atoms with Gasteiger partial charge in [-0.25, -0.2) is 0 Å². The molecule has 12 heteroatoms. The zero-order valence-corrected chi connectivity index (χ0v) is 22.5. The van der Waals surface area contributed by atoms with Crippen LogP contribution in [-0.4, -0.2) is 56.7 Å². The van der Waals surface area contributed by atoms with Gasteiger partial charge in [-0.05, 0) is 27.7 Å². The number of aromatic hydroxyl groups is 2. The standard InChI is InChI=1S/C27H30N4O8/c1-11(2)26-30-18(39-31-26)7-8-28-17(34)10-29-13(4)19-15(33)9-16-27(6,25(19)37)21-23(36)12(3)22(35)20(14(5)32)24(21)38-16/h9,11,29,35-36H,7-8,10H2,1-6H3,(H,28,34)/b19-13+/t27-/m1/s1. The van der Waals surface area contributed by atoms with Crippen molar-refractivity contribution in [3.8, 4) is 17.2 Å². The molecule has 12 nitrogen and oxygen atoms in total. The highest BCUT2D eigenvalue weighted by Crippen LogP contribution is 2.57. The Labute approximate surface area is 224 Å². The maximum atomic E-state index is 13.8. The number of hydrogen-bond acceptors (Lipinski definition) is 11. The first-order valence-electron chi connectivity index (χ1n) is 12.4. The maximum Gasteiger partial charge on any atom is 0.239 e. The van der Waals surface area contributed by atoms with E-state index in [1.54, 1.807) is 0 Å². The molecule has 39 heavy (non-hydrogen) atoms. The molecule has 206 valence electrons. The molecule has 0 fully saturated rings. The van der Waals surface area contributed by atoms with E-state index in [9.17, 15) is 29.4 Å². The highest BCUT2D eigenvalue weighted by atomic mass is 16.5. The molecule has 2 aromatic rings. The molecule has 0 saturated heterocycles. The summed E-state index contributed by atoms with van der Waals surface area (Å²) in [6.45, 7) is 9.50. The number of Topliss-reactive ketones (excluding diaryl/α,β-unsaturated/α-hetero) is 2. The van der Waals surface area contributed by atoms with Gasteiger partial charge in [0.25, 0.3) is 0 Å². The molecule has 2 heterocycles. The SMILES string of the molecule is CC(=O)c1c(O)c(C)c(O)c2c1OC1=CC(=O)/C(=C(/C)NCC(=O)NCCc3nc(C(C)C)no3)C(=O)[C@]12C. The predicted octanol–water partition coefficient (Wildman–Crippen LogP) is 2.02. The van der Waals surface area contributed by atoms with Crippen LogP contribution in [0.4, 0.5) is 0 Å². The minimum atomic E-state index is -1.63. The summed E-state index contributed by atoms with van der Waals surface area (Å²) in [5, 5.41) is 30.7. The normalized spacial score (nSPS) is 19.3. The molecular weight excluding hydrogens is 508 g/mol. The van der Waals surface area contributed by atoms with Crippen molar-refractivity contribution >= 4 is 23.3 Å². The van der Waals surface area contributed by atoms with Crippen LogP contribution in [0.25, 0.3) is 0 Å². The summed E-state index contributed by atoms with van der Waals surface area (Å²) in [6, 6.07) is 0. The topological polar surface area (TPSA) is 181 Å². The quantitative estimate of drug-likeness (QED) is 0.219. The van der Waals surface area contributed by atoms with Crippen LogP contribution in [0.3, 0.4) is 0 Å². The van der Waals surface area contributed by atoms with E-state index in [0.29, 0.717) is 18.1 Å². The number of fused-ring (bicyclic) bond motifs is 3. The molecule has 0 radical (unpaired) electrons. The maximum absolute atomic E-state index is 13.8. The number of benzene rings is 1.